The van der Waals surface area contributed by atoms with Gasteiger partial charge in [0.15, 0.2) is 0 Å². The number of pyridine rings is 1. The number of aromatic nitrogens is 1. The average Bonchev–Trinajstić information content (AvgIpc) is 3.16. The van der Waals surface area contributed by atoms with Gasteiger partial charge in [-0.3, -0.25) is 4.79 Å². The fraction of sp³-hybridized carbons (Fsp3) is 0.520. The van der Waals surface area contributed by atoms with E-state index in [0.717, 1.165) is 49.0 Å². The molecule has 164 valence electrons. The van der Waals surface area contributed by atoms with Crippen LogP contribution in [0.2, 0.25) is 0 Å². The third kappa shape index (κ3) is 4.48. The number of amides is 1. The van der Waals surface area contributed by atoms with E-state index in [1.54, 1.807) is 6.92 Å². The number of ether oxygens (including phenoxy) is 1. The number of nitrogens with one attached hydrogen (secondary N) is 1. The smallest absolute Gasteiger partial charge is 0.217 e. The zero-order valence-electron chi connectivity index (χ0n) is 18.5. The van der Waals surface area contributed by atoms with Gasteiger partial charge in [-0.05, 0) is 61.4 Å². The van der Waals surface area contributed by atoms with Crippen molar-refractivity contribution in [3.05, 3.63) is 48.0 Å². The Kier molecular flexibility index (Phi) is 5.24. The summed E-state index contributed by atoms with van der Waals surface area (Å²) in [7, 11) is 0. The SMILES string of the molecule is CC(=O)N[C@@H](C)c1ccc(O[C@@H]2CCN(c3cccc(N4CCC5(CC5)C4)n3)C2)cc1. The van der Waals surface area contributed by atoms with Gasteiger partial charge in [0.05, 0.1) is 12.6 Å². The Morgan fingerprint density at radius 2 is 1.84 bits per heavy atom. The van der Waals surface area contributed by atoms with E-state index >= 15 is 0 Å². The molecule has 2 atom stereocenters. The number of carbonyl (C=O) groups is 1. The molecule has 0 bridgehead atoms. The zero-order valence-corrected chi connectivity index (χ0v) is 18.5. The molecule has 1 spiro atoms. The molecule has 2 aromatic rings. The van der Waals surface area contributed by atoms with Crippen LogP contribution in [0.15, 0.2) is 42.5 Å². The van der Waals surface area contributed by atoms with Crippen molar-refractivity contribution in [3.63, 3.8) is 0 Å². The molecule has 6 nitrogen and oxygen atoms in total. The van der Waals surface area contributed by atoms with Gasteiger partial charge in [0, 0.05) is 33.0 Å². The maximum absolute atomic E-state index is 11.3. The first-order valence-corrected chi connectivity index (χ1v) is 11.5. The summed E-state index contributed by atoms with van der Waals surface area (Å²) in [5, 5.41) is 2.91. The third-order valence-electron chi connectivity index (χ3n) is 7.01. The predicted molar refractivity (Wildman–Crippen MR) is 123 cm³/mol. The summed E-state index contributed by atoms with van der Waals surface area (Å²) in [6.07, 6.45) is 5.25. The lowest BCUT2D eigenvalue weighted by Crippen LogP contribution is -2.26. The van der Waals surface area contributed by atoms with E-state index in [9.17, 15) is 4.79 Å². The van der Waals surface area contributed by atoms with E-state index < -0.39 is 0 Å². The standard InChI is InChI=1S/C25H32N4O2/c1-18(26-19(2)30)20-6-8-21(9-7-20)31-22-10-14-28(16-22)23-4-3-5-24(27-23)29-15-13-25(17-29)11-12-25/h3-9,18,22H,10-17H2,1-2H3,(H,26,30)/t18-,22+/m0/s1. The number of hydrogen-bond acceptors (Lipinski definition) is 5. The minimum Gasteiger partial charge on any atom is -0.489 e. The van der Waals surface area contributed by atoms with Crippen molar-refractivity contribution in [2.45, 2.75) is 51.7 Å². The number of nitrogens with zero attached hydrogens (tertiary/aromatic N) is 3. The van der Waals surface area contributed by atoms with E-state index in [-0.39, 0.29) is 18.1 Å². The van der Waals surface area contributed by atoms with Crippen LogP contribution in [0.5, 0.6) is 5.75 Å². The molecule has 6 heteroatoms. The molecule has 1 amide bonds. The van der Waals surface area contributed by atoms with Crippen LogP contribution >= 0.6 is 0 Å². The van der Waals surface area contributed by atoms with Gasteiger partial charge in [-0.15, -0.1) is 0 Å². The quantitative estimate of drug-likeness (QED) is 0.767. The Morgan fingerprint density at radius 3 is 2.52 bits per heavy atom. The Morgan fingerprint density at radius 1 is 1.10 bits per heavy atom. The molecule has 1 aromatic carbocycles. The molecule has 3 fully saturated rings. The highest BCUT2D eigenvalue weighted by Crippen LogP contribution is 2.53. The van der Waals surface area contributed by atoms with Crippen LogP contribution in [0.1, 0.15) is 51.1 Å². The van der Waals surface area contributed by atoms with Crippen LogP contribution in [0.4, 0.5) is 11.6 Å². The molecule has 0 radical (unpaired) electrons. The molecule has 0 unspecified atom stereocenters. The monoisotopic (exact) mass is 420 g/mol. The van der Waals surface area contributed by atoms with Crippen LogP contribution in [-0.2, 0) is 4.79 Å². The Bertz CT molecular complexity index is 941. The summed E-state index contributed by atoms with van der Waals surface area (Å²) in [5.41, 5.74) is 1.69. The molecule has 3 aliphatic rings. The Labute approximate surface area is 184 Å². The largest absolute Gasteiger partial charge is 0.489 e. The second kappa shape index (κ2) is 8.06. The van der Waals surface area contributed by atoms with Crippen LogP contribution in [-0.4, -0.2) is 43.2 Å². The van der Waals surface area contributed by atoms with Crippen LogP contribution < -0.4 is 19.9 Å². The van der Waals surface area contributed by atoms with Crippen molar-refractivity contribution in [2.24, 2.45) is 5.41 Å². The van der Waals surface area contributed by atoms with Gasteiger partial charge < -0.3 is 19.9 Å². The lowest BCUT2D eigenvalue weighted by Gasteiger charge is -2.22. The van der Waals surface area contributed by atoms with E-state index in [4.69, 9.17) is 9.72 Å². The summed E-state index contributed by atoms with van der Waals surface area (Å²) < 4.78 is 6.24. The van der Waals surface area contributed by atoms with E-state index in [2.05, 4.69) is 33.3 Å². The lowest BCUT2D eigenvalue weighted by molar-refractivity contribution is -0.119. The molecular formula is C25H32N4O2. The summed E-state index contributed by atoms with van der Waals surface area (Å²) >= 11 is 0. The minimum absolute atomic E-state index is 0.00252. The van der Waals surface area contributed by atoms with Crippen molar-refractivity contribution < 1.29 is 9.53 Å². The molecule has 1 aromatic heterocycles. The Hall–Kier alpha value is -2.76. The second-order valence-corrected chi connectivity index (χ2v) is 9.49. The summed E-state index contributed by atoms with van der Waals surface area (Å²) in [6, 6.07) is 14.4. The van der Waals surface area contributed by atoms with Crippen molar-refractivity contribution >= 4 is 17.5 Å². The fourth-order valence-corrected chi connectivity index (χ4v) is 4.93. The van der Waals surface area contributed by atoms with Crippen molar-refractivity contribution in [3.8, 4) is 5.75 Å². The molecular weight excluding hydrogens is 388 g/mol. The number of benzene rings is 1. The highest BCUT2D eigenvalue weighted by molar-refractivity contribution is 5.73. The second-order valence-electron chi connectivity index (χ2n) is 9.49. The van der Waals surface area contributed by atoms with Crippen molar-refractivity contribution in [1.82, 2.24) is 10.3 Å². The molecule has 1 saturated carbocycles. The predicted octanol–water partition coefficient (Wildman–Crippen LogP) is 3.93. The number of anilines is 2. The molecule has 31 heavy (non-hydrogen) atoms. The first-order valence-electron chi connectivity index (χ1n) is 11.5. The van der Waals surface area contributed by atoms with E-state index in [1.165, 1.54) is 25.8 Å². The van der Waals surface area contributed by atoms with E-state index in [1.807, 2.05) is 31.2 Å². The molecule has 1 N–H and O–H groups in total. The Balaban J connectivity index is 1.18. The van der Waals surface area contributed by atoms with Gasteiger partial charge in [0.2, 0.25) is 5.91 Å². The summed E-state index contributed by atoms with van der Waals surface area (Å²) in [5.74, 6) is 3.03. The molecule has 5 rings (SSSR count). The third-order valence-corrected chi connectivity index (χ3v) is 7.01. The number of carbonyl (C=O) groups excluding carboxylic acids is 1. The van der Waals surface area contributed by atoms with Gasteiger partial charge in [0.25, 0.3) is 0 Å². The molecule has 2 aliphatic heterocycles. The fourth-order valence-electron chi connectivity index (χ4n) is 4.93. The summed E-state index contributed by atoms with van der Waals surface area (Å²) in [4.78, 5) is 21.0. The van der Waals surface area contributed by atoms with Crippen LogP contribution in [0, 0.1) is 5.41 Å². The maximum atomic E-state index is 11.3. The molecule has 1 aliphatic carbocycles. The first-order chi connectivity index (χ1) is 15.0. The highest BCUT2D eigenvalue weighted by Gasteiger charge is 2.48. The summed E-state index contributed by atoms with van der Waals surface area (Å²) in [6.45, 7) is 7.65. The van der Waals surface area contributed by atoms with Gasteiger partial charge in [-0.25, -0.2) is 4.98 Å². The minimum atomic E-state index is -0.0201. The van der Waals surface area contributed by atoms with Gasteiger partial charge >= 0.3 is 0 Å². The molecule has 2 saturated heterocycles. The number of rotatable bonds is 6. The topological polar surface area (TPSA) is 57.7 Å². The van der Waals surface area contributed by atoms with Gasteiger partial charge in [0.1, 0.15) is 23.5 Å². The van der Waals surface area contributed by atoms with E-state index in [0.29, 0.717) is 5.41 Å². The molecule has 3 heterocycles. The van der Waals surface area contributed by atoms with Crippen molar-refractivity contribution in [1.29, 1.82) is 0 Å². The lowest BCUT2D eigenvalue weighted by atomic mass is 10.1. The van der Waals surface area contributed by atoms with Crippen LogP contribution in [0.25, 0.3) is 0 Å². The van der Waals surface area contributed by atoms with Gasteiger partial charge in [-0.1, -0.05) is 18.2 Å². The zero-order chi connectivity index (χ0) is 21.4. The number of hydrogen-bond donors (Lipinski definition) is 1. The van der Waals surface area contributed by atoms with Gasteiger partial charge in [-0.2, -0.15) is 0 Å². The van der Waals surface area contributed by atoms with Crippen molar-refractivity contribution in [2.75, 3.05) is 36.0 Å². The average molecular weight is 421 g/mol. The first kappa shape index (κ1) is 20.2. The van der Waals surface area contributed by atoms with Crippen LogP contribution in [0.3, 0.4) is 0 Å². The maximum Gasteiger partial charge on any atom is 0.217 e. The normalized spacial score (nSPS) is 22.6. The highest BCUT2D eigenvalue weighted by atomic mass is 16.5.